The molecule has 0 aliphatic rings. The van der Waals surface area contributed by atoms with Crippen molar-refractivity contribution in [3.05, 3.63) is 73.9 Å². The van der Waals surface area contributed by atoms with Crippen molar-refractivity contribution in [3.63, 3.8) is 0 Å². The summed E-state index contributed by atoms with van der Waals surface area (Å²) in [6.07, 6.45) is 1.58. The molecule has 0 radical (unpaired) electrons. The summed E-state index contributed by atoms with van der Waals surface area (Å²) in [6, 6.07) is 10.6. The molecule has 2 aromatic carbocycles. The molecule has 138 valence electrons. The van der Waals surface area contributed by atoms with Gasteiger partial charge in [-0.2, -0.15) is 0 Å². The minimum atomic E-state index is -0.510. The molecule has 10 heteroatoms. The van der Waals surface area contributed by atoms with Gasteiger partial charge in [0.25, 0.3) is 11.4 Å². The molecule has 0 unspecified atom stereocenters. The zero-order valence-electron chi connectivity index (χ0n) is 13.9. The maximum Gasteiger partial charge on any atom is 0.278 e. The van der Waals surface area contributed by atoms with Gasteiger partial charge in [-0.25, -0.2) is 0 Å². The second-order valence-electron chi connectivity index (χ2n) is 5.56. The number of anilines is 2. The third-order valence-electron chi connectivity index (χ3n) is 3.86. The second kappa shape index (κ2) is 7.83. The van der Waals surface area contributed by atoms with Crippen LogP contribution in [0.2, 0.25) is 5.02 Å². The van der Waals surface area contributed by atoms with Gasteiger partial charge in [0.1, 0.15) is 5.52 Å². The lowest BCUT2D eigenvalue weighted by molar-refractivity contribution is -0.384. The van der Waals surface area contributed by atoms with E-state index in [0.717, 1.165) is 0 Å². The van der Waals surface area contributed by atoms with Crippen molar-refractivity contribution >= 4 is 45.3 Å². The lowest BCUT2D eigenvalue weighted by Crippen LogP contribution is -2.14. The third-order valence-corrected chi connectivity index (χ3v) is 4.18. The summed E-state index contributed by atoms with van der Waals surface area (Å²) >= 11 is 6.03. The molecule has 9 nitrogen and oxygen atoms in total. The number of benzene rings is 2. The van der Waals surface area contributed by atoms with E-state index in [1.807, 2.05) is 0 Å². The number of non-ortho nitro benzene ring substituents is 2. The standard InChI is InChI=1S/C17H14ClN5O4/c18-13-10-11(22(24)25)3-4-14(13)19-8-9-20-15-5-6-16(23(26)27)12-2-1-7-21-17(12)15/h1-7,10,19-20H,8-9H2. The molecule has 2 N–H and O–H groups in total. The summed E-state index contributed by atoms with van der Waals surface area (Å²) in [7, 11) is 0. The van der Waals surface area contributed by atoms with Gasteiger partial charge < -0.3 is 10.6 Å². The van der Waals surface area contributed by atoms with Gasteiger partial charge in [-0.15, -0.1) is 0 Å². The van der Waals surface area contributed by atoms with Crippen LogP contribution < -0.4 is 10.6 Å². The van der Waals surface area contributed by atoms with Crippen LogP contribution in [0.5, 0.6) is 0 Å². The molecule has 0 aliphatic carbocycles. The van der Waals surface area contributed by atoms with Crippen molar-refractivity contribution in [2.24, 2.45) is 0 Å². The van der Waals surface area contributed by atoms with Crippen LogP contribution in [0.15, 0.2) is 48.7 Å². The van der Waals surface area contributed by atoms with Gasteiger partial charge in [0.2, 0.25) is 0 Å². The Morgan fingerprint density at radius 1 is 0.963 bits per heavy atom. The highest BCUT2D eigenvalue weighted by atomic mass is 35.5. The number of hydrogen-bond donors (Lipinski definition) is 2. The zero-order valence-corrected chi connectivity index (χ0v) is 14.6. The van der Waals surface area contributed by atoms with Gasteiger partial charge in [0, 0.05) is 37.5 Å². The molecule has 0 atom stereocenters. The Hall–Kier alpha value is -3.46. The van der Waals surface area contributed by atoms with Crippen LogP contribution in [0.3, 0.4) is 0 Å². The van der Waals surface area contributed by atoms with Crippen LogP contribution in [-0.4, -0.2) is 27.9 Å². The average molecular weight is 388 g/mol. The van der Waals surface area contributed by atoms with Gasteiger partial charge in [-0.1, -0.05) is 11.6 Å². The molecule has 0 aliphatic heterocycles. The van der Waals surface area contributed by atoms with E-state index in [9.17, 15) is 20.2 Å². The quantitative estimate of drug-likeness (QED) is 0.353. The number of pyridine rings is 1. The first-order chi connectivity index (χ1) is 13.0. The second-order valence-corrected chi connectivity index (χ2v) is 5.97. The maximum atomic E-state index is 11.1. The fourth-order valence-electron chi connectivity index (χ4n) is 2.61. The fourth-order valence-corrected chi connectivity index (χ4v) is 2.86. The Bertz CT molecular complexity index is 1030. The lowest BCUT2D eigenvalue weighted by atomic mass is 10.1. The molecule has 0 amide bonds. The number of nitrogens with one attached hydrogen (secondary N) is 2. The number of nitro benzene ring substituents is 2. The first kappa shape index (κ1) is 18.3. The van der Waals surface area contributed by atoms with Crippen molar-refractivity contribution in [2.75, 3.05) is 23.7 Å². The highest BCUT2D eigenvalue weighted by molar-refractivity contribution is 6.33. The molecule has 0 spiro atoms. The van der Waals surface area contributed by atoms with Crippen molar-refractivity contribution in [3.8, 4) is 0 Å². The van der Waals surface area contributed by atoms with E-state index in [4.69, 9.17) is 11.6 Å². The Labute approximate surface area is 158 Å². The lowest BCUT2D eigenvalue weighted by Gasteiger charge is -2.11. The topological polar surface area (TPSA) is 123 Å². The van der Waals surface area contributed by atoms with E-state index in [1.54, 1.807) is 30.5 Å². The number of halogens is 1. The largest absolute Gasteiger partial charge is 0.382 e. The highest BCUT2D eigenvalue weighted by Crippen LogP contribution is 2.30. The molecule has 0 bridgehead atoms. The third kappa shape index (κ3) is 4.04. The number of rotatable bonds is 7. The molecule has 1 heterocycles. The molecule has 3 aromatic rings. The van der Waals surface area contributed by atoms with Crippen molar-refractivity contribution in [1.82, 2.24) is 4.98 Å². The number of hydrogen-bond acceptors (Lipinski definition) is 7. The van der Waals surface area contributed by atoms with Crippen LogP contribution in [-0.2, 0) is 0 Å². The number of nitrogens with zero attached hydrogens (tertiary/aromatic N) is 3. The van der Waals surface area contributed by atoms with Crippen LogP contribution in [0.4, 0.5) is 22.7 Å². The van der Waals surface area contributed by atoms with Gasteiger partial charge in [0.15, 0.2) is 0 Å². The van der Waals surface area contributed by atoms with Crippen LogP contribution in [0, 0.1) is 20.2 Å². The van der Waals surface area contributed by atoms with Crippen molar-refractivity contribution in [1.29, 1.82) is 0 Å². The van der Waals surface area contributed by atoms with Crippen LogP contribution in [0.1, 0.15) is 0 Å². The Balaban J connectivity index is 1.67. The first-order valence-electron chi connectivity index (χ1n) is 7.91. The Morgan fingerprint density at radius 3 is 2.33 bits per heavy atom. The Kier molecular flexibility index (Phi) is 5.32. The molecule has 0 fully saturated rings. The van der Waals surface area contributed by atoms with Crippen molar-refractivity contribution < 1.29 is 9.85 Å². The number of fused-ring (bicyclic) bond motifs is 1. The average Bonchev–Trinajstić information content (AvgIpc) is 2.65. The molecular formula is C17H14ClN5O4. The first-order valence-corrected chi connectivity index (χ1v) is 8.29. The van der Waals surface area contributed by atoms with E-state index < -0.39 is 9.85 Å². The van der Waals surface area contributed by atoms with E-state index in [0.29, 0.717) is 35.4 Å². The van der Waals surface area contributed by atoms with Gasteiger partial charge in [-0.3, -0.25) is 25.2 Å². The fraction of sp³-hybridized carbons (Fsp3) is 0.118. The van der Waals surface area contributed by atoms with Gasteiger partial charge >= 0.3 is 0 Å². The van der Waals surface area contributed by atoms with E-state index in [2.05, 4.69) is 15.6 Å². The van der Waals surface area contributed by atoms with Gasteiger partial charge in [-0.05, 0) is 24.3 Å². The van der Waals surface area contributed by atoms with Crippen LogP contribution in [0.25, 0.3) is 10.9 Å². The van der Waals surface area contributed by atoms with E-state index >= 15 is 0 Å². The van der Waals surface area contributed by atoms with Crippen molar-refractivity contribution in [2.45, 2.75) is 0 Å². The van der Waals surface area contributed by atoms with E-state index in [-0.39, 0.29) is 16.4 Å². The summed E-state index contributed by atoms with van der Waals surface area (Å²) in [5, 5.41) is 28.8. The molecule has 27 heavy (non-hydrogen) atoms. The molecular weight excluding hydrogens is 374 g/mol. The molecule has 0 saturated heterocycles. The molecule has 3 rings (SSSR count). The minimum Gasteiger partial charge on any atom is -0.382 e. The number of aromatic nitrogens is 1. The maximum absolute atomic E-state index is 11.1. The summed E-state index contributed by atoms with van der Waals surface area (Å²) in [4.78, 5) is 25.1. The monoisotopic (exact) mass is 387 g/mol. The van der Waals surface area contributed by atoms with E-state index in [1.165, 1.54) is 18.2 Å². The minimum absolute atomic E-state index is 0.000522. The SMILES string of the molecule is O=[N+]([O-])c1ccc(NCCNc2ccc([N+](=O)[O-])c3cccnc23)c(Cl)c1. The smallest absolute Gasteiger partial charge is 0.278 e. The summed E-state index contributed by atoms with van der Waals surface area (Å²) in [5.41, 5.74) is 1.69. The predicted molar refractivity (Wildman–Crippen MR) is 103 cm³/mol. The zero-order chi connectivity index (χ0) is 19.4. The molecule has 1 aromatic heterocycles. The van der Waals surface area contributed by atoms with Crippen LogP contribution >= 0.6 is 11.6 Å². The Morgan fingerprint density at radius 2 is 1.67 bits per heavy atom. The normalized spacial score (nSPS) is 10.6. The predicted octanol–water partition coefficient (Wildman–Crippen LogP) is 4.23. The number of nitro groups is 2. The highest BCUT2D eigenvalue weighted by Gasteiger charge is 2.14. The molecule has 0 saturated carbocycles. The summed E-state index contributed by atoms with van der Waals surface area (Å²) < 4.78 is 0. The summed E-state index contributed by atoms with van der Waals surface area (Å²) in [6.45, 7) is 0.958. The van der Waals surface area contributed by atoms with Gasteiger partial charge in [0.05, 0.1) is 31.6 Å². The summed E-state index contributed by atoms with van der Waals surface area (Å²) in [5.74, 6) is 0.